The molecule has 0 aliphatic heterocycles. The van der Waals surface area contributed by atoms with E-state index in [-0.39, 0.29) is 0 Å². The third-order valence-electron chi connectivity index (χ3n) is 1.10. The SMILES string of the molecule is C=CCC[CH]CCOC. The summed E-state index contributed by atoms with van der Waals surface area (Å²) >= 11 is 0. The molecule has 1 heteroatoms. The Bertz CT molecular complexity index is 59.6. The van der Waals surface area contributed by atoms with Gasteiger partial charge in [0, 0.05) is 13.7 Å². The van der Waals surface area contributed by atoms with Crippen LogP contribution >= 0.6 is 0 Å². The molecular weight excluding hydrogens is 112 g/mol. The van der Waals surface area contributed by atoms with Gasteiger partial charge in [-0.1, -0.05) is 6.08 Å². The van der Waals surface area contributed by atoms with Crippen molar-refractivity contribution in [3.05, 3.63) is 19.1 Å². The van der Waals surface area contributed by atoms with Crippen molar-refractivity contribution < 1.29 is 4.74 Å². The van der Waals surface area contributed by atoms with E-state index in [1.165, 1.54) is 0 Å². The third-order valence-corrected chi connectivity index (χ3v) is 1.10. The third kappa shape index (κ3) is 7.70. The minimum absolute atomic E-state index is 0.844. The zero-order chi connectivity index (χ0) is 6.95. The maximum Gasteiger partial charge on any atom is 0.0465 e. The Morgan fingerprint density at radius 1 is 1.33 bits per heavy atom. The lowest BCUT2D eigenvalue weighted by Gasteiger charge is -1.95. The predicted octanol–water partition coefficient (Wildman–Crippen LogP) is 2.19. The van der Waals surface area contributed by atoms with Crippen LogP contribution in [0.15, 0.2) is 12.7 Å². The van der Waals surface area contributed by atoms with Gasteiger partial charge in [-0.05, 0) is 25.7 Å². The molecule has 0 aromatic carbocycles. The largest absolute Gasteiger partial charge is 0.385 e. The Kier molecular flexibility index (Phi) is 7.44. The van der Waals surface area contributed by atoms with Crippen molar-refractivity contribution in [1.82, 2.24) is 0 Å². The van der Waals surface area contributed by atoms with E-state index in [1.54, 1.807) is 7.11 Å². The number of unbranched alkanes of at least 4 members (excludes halogenated alkanes) is 3. The summed E-state index contributed by atoms with van der Waals surface area (Å²) in [5.41, 5.74) is 0. The second-order valence-electron chi connectivity index (χ2n) is 1.94. The average Bonchev–Trinajstić information content (AvgIpc) is 1.89. The fraction of sp³-hybridized carbons (Fsp3) is 0.625. The molecule has 1 radical (unpaired) electrons. The Hall–Kier alpha value is -0.300. The van der Waals surface area contributed by atoms with Crippen LogP contribution in [0.1, 0.15) is 19.3 Å². The van der Waals surface area contributed by atoms with E-state index in [0.29, 0.717) is 0 Å². The van der Waals surface area contributed by atoms with Gasteiger partial charge in [0.25, 0.3) is 0 Å². The van der Waals surface area contributed by atoms with E-state index < -0.39 is 0 Å². The second kappa shape index (κ2) is 7.70. The van der Waals surface area contributed by atoms with Crippen molar-refractivity contribution >= 4 is 0 Å². The van der Waals surface area contributed by atoms with E-state index >= 15 is 0 Å². The van der Waals surface area contributed by atoms with Crippen molar-refractivity contribution in [3.8, 4) is 0 Å². The maximum atomic E-state index is 4.86. The molecule has 0 heterocycles. The number of hydrogen-bond donors (Lipinski definition) is 0. The van der Waals surface area contributed by atoms with Crippen LogP contribution in [0.25, 0.3) is 0 Å². The van der Waals surface area contributed by atoms with E-state index in [1.807, 2.05) is 6.08 Å². The van der Waals surface area contributed by atoms with Crippen molar-refractivity contribution in [2.45, 2.75) is 19.3 Å². The summed E-state index contributed by atoms with van der Waals surface area (Å²) in [5.74, 6) is 0. The first-order valence-corrected chi connectivity index (χ1v) is 3.33. The summed E-state index contributed by atoms with van der Waals surface area (Å²) in [4.78, 5) is 0. The van der Waals surface area contributed by atoms with Crippen molar-refractivity contribution in [1.29, 1.82) is 0 Å². The zero-order valence-corrected chi connectivity index (χ0v) is 6.10. The molecule has 0 aliphatic rings. The predicted molar refractivity (Wildman–Crippen MR) is 40.2 cm³/mol. The molecule has 0 atom stereocenters. The van der Waals surface area contributed by atoms with E-state index in [4.69, 9.17) is 4.74 Å². The van der Waals surface area contributed by atoms with Gasteiger partial charge in [0.15, 0.2) is 0 Å². The lowest BCUT2D eigenvalue weighted by atomic mass is 10.2. The summed E-state index contributed by atoms with van der Waals surface area (Å²) in [6.07, 6.45) is 7.44. The normalized spacial score (nSPS) is 9.44. The zero-order valence-electron chi connectivity index (χ0n) is 6.10. The minimum atomic E-state index is 0.844. The van der Waals surface area contributed by atoms with Gasteiger partial charge < -0.3 is 4.74 Å². The summed E-state index contributed by atoms with van der Waals surface area (Å²) in [6.45, 7) is 4.47. The molecular formula is C8H15O. The highest BCUT2D eigenvalue weighted by molar-refractivity contribution is 4.72. The molecule has 0 saturated heterocycles. The number of allylic oxidation sites excluding steroid dienone is 1. The smallest absolute Gasteiger partial charge is 0.0465 e. The monoisotopic (exact) mass is 127 g/mol. The molecule has 0 saturated carbocycles. The summed E-state index contributed by atoms with van der Waals surface area (Å²) in [7, 11) is 1.72. The van der Waals surface area contributed by atoms with Gasteiger partial charge in [0.05, 0.1) is 0 Å². The Morgan fingerprint density at radius 2 is 2.11 bits per heavy atom. The number of ether oxygens (including phenoxy) is 1. The molecule has 53 valence electrons. The van der Waals surface area contributed by atoms with Crippen LogP contribution in [0, 0.1) is 6.42 Å². The van der Waals surface area contributed by atoms with Crippen LogP contribution in [0.5, 0.6) is 0 Å². The van der Waals surface area contributed by atoms with Crippen LogP contribution in [0.3, 0.4) is 0 Å². The lowest BCUT2D eigenvalue weighted by Crippen LogP contribution is -1.87. The van der Waals surface area contributed by atoms with Gasteiger partial charge in [-0.3, -0.25) is 0 Å². The number of rotatable bonds is 6. The second-order valence-corrected chi connectivity index (χ2v) is 1.94. The Balaban J connectivity index is 2.66. The maximum absolute atomic E-state index is 4.86. The quantitative estimate of drug-likeness (QED) is 0.392. The van der Waals surface area contributed by atoms with Gasteiger partial charge >= 0.3 is 0 Å². The molecule has 9 heavy (non-hydrogen) atoms. The minimum Gasteiger partial charge on any atom is -0.385 e. The lowest BCUT2D eigenvalue weighted by molar-refractivity contribution is 0.200. The highest BCUT2D eigenvalue weighted by atomic mass is 16.5. The number of methoxy groups -OCH3 is 1. The van der Waals surface area contributed by atoms with Crippen molar-refractivity contribution in [2.24, 2.45) is 0 Å². The van der Waals surface area contributed by atoms with Crippen molar-refractivity contribution in [2.75, 3.05) is 13.7 Å². The fourth-order valence-electron chi connectivity index (χ4n) is 0.581. The van der Waals surface area contributed by atoms with Crippen LogP contribution in [0.4, 0.5) is 0 Å². The molecule has 0 unspecified atom stereocenters. The molecule has 0 N–H and O–H groups in total. The molecule has 0 aliphatic carbocycles. The van der Waals surface area contributed by atoms with E-state index in [9.17, 15) is 0 Å². The molecule has 1 nitrogen and oxygen atoms in total. The van der Waals surface area contributed by atoms with Crippen LogP contribution in [-0.4, -0.2) is 13.7 Å². The fourth-order valence-corrected chi connectivity index (χ4v) is 0.581. The first-order valence-electron chi connectivity index (χ1n) is 3.33. The molecule has 0 aromatic rings. The molecule has 0 rings (SSSR count). The topological polar surface area (TPSA) is 9.23 Å². The van der Waals surface area contributed by atoms with Gasteiger partial charge in [-0.2, -0.15) is 0 Å². The first kappa shape index (κ1) is 8.70. The first-order chi connectivity index (χ1) is 4.41. The summed E-state index contributed by atoms with van der Waals surface area (Å²) in [6, 6.07) is 0. The van der Waals surface area contributed by atoms with Gasteiger partial charge in [-0.15, -0.1) is 6.58 Å². The highest BCUT2D eigenvalue weighted by Gasteiger charge is 1.84. The van der Waals surface area contributed by atoms with Gasteiger partial charge in [0.1, 0.15) is 0 Å². The molecule has 0 spiro atoms. The highest BCUT2D eigenvalue weighted by Crippen LogP contribution is 1.97. The van der Waals surface area contributed by atoms with E-state index in [2.05, 4.69) is 13.0 Å². The van der Waals surface area contributed by atoms with E-state index in [0.717, 1.165) is 25.9 Å². The number of hydrogen-bond acceptors (Lipinski definition) is 1. The van der Waals surface area contributed by atoms with Crippen LogP contribution in [0.2, 0.25) is 0 Å². The standard InChI is InChI=1S/C8H15O/c1-3-4-5-6-7-8-9-2/h3,6H,1,4-5,7-8H2,2H3. The average molecular weight is 127 g/mol. The summed E-state index contributed by atoms with van der Waals surface area (Å²) < 4.78 is 4.86. The van der Waals surface area contributed by atoms with Gasteiger partial charge in [0.2, 0.25) is 0 Å². The molecule has 0 bridgehead atoms. The van der Waals surface area contributed by atoms with Gasteiger partial charge in [-0.25, -0.2) is 0 Å². The summed E-state index contributed by atoms with van der Waals surface area (Å²) in [5, 5.41) is 0. The van der Waals surface area contributed by atoms with Crippen molar-refractivity contribution in [3.63, 3.8) is 0 Å². The Morgan fingerprint density at radius 3 is 2.67 bits per heavy atom. The molecule has 0 fully saturated rings. The Labute approximate surface area is 57.7 Å². The molecule has 0 amide bonds. The molecule has 0 aromatic heterocycles. The van der Waals surface area contributed by atoms with Crippen LogP contribution in [-0.2, 0) is 4.74 Å². The van der Waals surface area contributed by atoms with Crippen LogP contribution < -0.4 is 0 Å².